The number of nitrogens with zero attached hydrogens (tertiary/aromatic N) is 2. The van der Waals surface area contributed by atoms with Crippen LogP contribution in [0.3, 0.4) is 0 Å². The first-order valence-corrected chi connectivity index (χ1v) is 12.6. The van der Waals surface area contributed by atoms with E-state index < -0.39 is 15.7 Å². The molecule has 1 amide bonds. The summed E-state index contributed by atoms with van der Waals surface area (Å²) in [6.45, 7) is -0.300. The Labute approximate surface area is 200 Å². The molecule has 0 saturated carbocycles. The predicted octanol–water partition coefficient (Wildman–Crippen LogP) is 4.89. The van der Waals surface area contributed by atoms with Crippen molar-refractivity contribution in [2.75, 3.05) is 23.4 Å². The van der Waals surface area contributed by atoms with Crippen LogP contribution in [0.25, 0.3) is 11.3 Å². The Hall–Kier alpha value is -2.26. The van der Waals surface area contributed by atoms with Gasteiger partial charge in [0.2, 0.25) is 0 Å². The fourth-order valence-electron chi connectivity index (χ4n) is 3.41. The van der Waals surface area contributed by atoms with E-state index >= 15 is 0 Å². The highest BCUT2D eigenvalue weighted by Gasteiger charge is 2.31. The third kappa shape index (κ3) is 5.38. The minimum Gasteiger partial charge on any atom is -0.482 e. The fourth-order valence-corrected chi connectivity index (χ4v) is 5.69. The van der Waals surface area contributed by atoms with Crippen LogP contribution in [0.1, 0.15) is 12.5 Å². The molecule has 32 heavy (non-hydrogen) atoms. The number of carbonyl (C=O) groups excluding carboxylic acids is 1. The van der Waals surface area contributed by atoms with Crippen molar-refractivity contribution < 1.29 is 17.9 Å². The molecular weight excluding hydrogens is 497 g/mol. The summed E-state index contributed by atoms with van der Waals surface area (Å²) in [5.74, 6) is 0.311. The van der Waals surface area contributed by atoms with Crippen LogP contribution < -0.4 is 10.1 Å². The van der Waals surface area contributed by atoms with Crippen LogP contribution in [0.5, 0.6) is 5.75 Å². The van der Waals surface area contributed by atoms with Gasteiger partial charge in [-0.2, -0.15) is 5.10 Å². The standard InChI is InChI=1S/C21H18Cl3N3O4S/c22-14-3-1-13(2-4-14)18-10-20(27(26-18)16-7-8-32(29,30)12-16)25-21(28)11-31-19-6-5-15(23)9-17(19)24/h1-6,9-10,16H,7-8,11-12H2,(H,25,28). The number of anilines is 1. The molecule has 0 spiro atoms. The summed E-state index contributed by atoms with van der Waals surface area (Å²) < 4.78 is 31.0. The number of aromatic nitrogens is 2. The molecule has 1 aliphatic rings. The highest BCUT2D eigenvalue weighted by Crippen LogP contribution is 2.31. The lowest BCUT2D eigenvalue weighted by Gasteiger charge is -2.14. The van der Waals surface area contributed by atoms with E-state index in [1.165, 1.54) is 6.07 Å². The number of rotatable bonds is 6. The van der Waals surface area contributed by atoms with Gasteiger partial charge < -0.3 is 10.1 Å². The number of amides is 1. The molecule has 1 aliphatic heterocycles. The average molecular weight is 515 g/mol. The molecular formula is C21H18Cl3N3O4S. The number of sulfone groups is 1. The summed E-state index contributed by atoms with van der Waals surface area (Å²) in [5.41, 5.74) is 1.37. The SMILES string of the molecule is O=C(COc1ccc(Cl)cc1Cl)Nc1cc(-c2ccc(Cl)cc2)nn1C1CCS(=O)(=O)C1. The van der Waals surface area contributed by atoms with E-state index in [0.717, 1.165) is 5.56 Å². The zero-order valence-corrected chi connectivity index (χ0v) is 19.7. The van der Waals surface area contributed by atoms with E-state index in [1.807, 2.05) is 0 Å². The summed E-state index contributed by atoms with van der Waals surface area (Å²) in [4.78, 5) is 12.6. The maximum Gasteiger partial charge on any atom is 0.263 e. The molecule has 1 unspecified atom stereocenters. The molecule has 1 fully saturated rings. The van der Waals surface area contributed by atoms with Crippen molar-refractivity contribution in [1.29, 1.82) is 0 Å². The Balaban J connectivity index is 1.55. The highest BCUT2D eigenvalue weighted by molar-refractivity contribution is 7.91. The van der Waals surface area contributed by atoms with Gasteiger partial charge in [-0.05, 0) is 36.8 Å². The van der Waals surface area contributed by atoms with E-state index in [1.54, 1.807) is 47.1 Å². The second-order valence-electron chi connectivity index (χ2n) is 7.33. The number of nitrogens with one attached hydrogen (secondary N) is 1. The number of ether oxygens (including phenoxy) is 1. The lowest BCUT2D eigenvalue weighted by Crippen LogP contribution is -2.23. The van der Waals surface area contributed by atoms with Gasteiger partial charge in [0.05, 0.1) is 28.3 Å². The van der Waals surface area contributed by atoms with Crippen molar-refractivity contribution in [3.8, 4) is 17.0 Å². The normalized spacial score (nSPS) is 17.3. The molecule has 4 rings (SSSR count). The van der Waals surface area contributed by atoms with Gasteiger partial charge in [-0.25, -0.2) is 13.1 Å². The molecule has 2 heterocycles. The molecule has 7 nitrogen and oxygen atoms in total. The maximum absolute atomic E-state index is 12.6. The van der Waals surface area contributed by atoms with Gasteiger partial charge in [0.15, 0.2) is 16.4 Å². The van der Waals surface area contributed by atoms with Crippen LogP contribution in [0.4, 0.5) is 5.82 Å². The summed E-state index contributed by atoms with van der Waals surface area (Å²) in [6, 6.07) is 13.1. The zero-order valence-electron chi connectivity index (χ0n) is 16.6. The molecule has 1 N–H and O–H groups in total. The summed E-state index contributed by atoms with van der Waals surface area (Å²) >= 11 is 17.9. The molecule has 11 heteroatoms. The van der Waals surface area contributed by atoms with E-state index in [-0.39, 0.29) is 29.2 Å². The Morgan fingerprint density at radius 3 is 2.47 bits per heavy atom. The van der Waals surface area contributed by atoms with E-state index in [0.29, 0.717) is 33.7 Å². The van der Waals surface area contributed by atoms with Crippen molar-refractivity contribution in [2.24, 2.45) is 0 Å². The van der Waals surface area contributed by atoms with Crippen molar-refractivity contribution in [3.63, 3.8) is 0 Å². The van der Waals surface area contributed by atoms with E-state index in [9.17, 15) is 13.2 Å². The van der Waals surface area contributed by atoms with Gasteiger partial charge >= 0.3 is 0 Å². The van der Waals surface area contributed by atoms with Gasteiger partial charge in [-0.1, -0.05) is 46.9 Å². The predicted molar refractivity (Wildman–Crippen MR) is 126 cm³/mol. The monoisotopic (exact) mass is 513 g/mol. The molecule has 168 valence electrons. The van der Waals surface area contributed by atoms with Crippen molar-refractivity contribution >= 4 is 56.4 Å². The van der Waals surface area contributed by atoms with Gasteiger partial charge in [-0.15, -0.1) is 0 Å². The Morgan fingerprint density at radius 1 is 1.09 bits per heavy atom. The molecule has 1 aromatic heterocycles. The van der Waals surface area contributed by atoms with Gasteiger partial charge in [-0.3, -0.25) is 4.79 Å². The van der Waals surface area contributed by atoms with E-state index in [4.69, 9.17) is 39.5 Å². The molecule has 1 saturated heterocycles. The number of hydrogen-bond acceptors (Lipinski definition) is 5. The number of carbonyl (C=O) groups is 1. The number of hydrogen-bond donors (Lipinski definition) is 1. The third-order valence-corrected chi connectivity index (χ3v) is 7.48. The Morgan fingerprint density at radius 2 is 1.81 bits per heavy atom. The topological polar surface area (TPSA) is 90.3 Å². The van der Waals surface area contributed by atoms with Gasteiger partial charge in [0.1, 0.15) is 11.6 Å². The first-order chi connectivity index (χ1) is 15.2. The van der Waals surface area contributed by atoms with Gasteiger partial charge in [0.25, 0.3) is 5.91 Å². The second-order valence-corrected chi connectivity index (χ2v) is 10.8. The van der Waals surface area contributed by atoms with Crippen LogP contribution >= 0.6 is 34.8 Å². The maximum atomic E-state index is 12.6. The Bertz CT molecular complexity index is 1260. The molecule has 2 aromatic carbocycles. The number of benzene rings is 2. The van der Waals surface area contributed by atoms with E-state index in [2.05, 4.69) is 10.4 Å². The zero-order chi connectivity index (χ0) is 22.9. The largest absolute Gasteiger partial charge is 0.482 e. The average Bonchev–Trinajstić information content (AvgIpc) is 3.30. The minimum absolute atomic E-state index is 0.0332. The van der Waals surface area contributed by atoms with Crippen molar-refractivity contribution in [3.05, 3.63) is 63.6 Å². The smallest absolute Gasteiger partial charge is 0.263 e. The third-order valence-electron chi connectivity index (χ3n) is 4.95. The molecule has 3 aromatic rings. The van der Waals surface area contributed by atoms with Crippen LogP contribution in [0.2, 0.25) is 15.1 Å². The summed E-state index contributed by atoms with van der Waals surface area (Å²) in [7, 11) is -3.15. The van der Waals surface area contributed by atoms with Gasteiger partial charge in [0, 0.05) is 21.7 Å². The summed E-state index contributed by atoms with van der Waals surface area (Å²) in [5, 5.41) is 8.66. The fraction of sp³-hybridized carbons (Fsp3) is 0.238. The first-order valence-electron chi connectivity index (χ1n) is 9.64. The number of halogens is 3. The molecule has 0 aliphatic carbocycles. The van der Waals surface area contributed by atoms with Crippen LogP contribution in [0.15, 0.2) is 48.5 Å². The van der Waals surface area contributed by atoms with Crippen molar-refractivity contribution in [1.82, 2.24) is 9.78 Å². The molecule has 0 bridgehead atoms. The summed E-state index contributed by atoms with van der Waals surface area (Å²) in [6.07, 6.45) is 0.420. The van der Waals surface area contributed by atoms with Crippen LogP contribution in [-0.4, -0.2) is 42.2 Å². The molecule has 0 radical (unpaired) electrons. The quantitative estimate of drug-likeness (QED) is 0.506. The highest BCUT2D eigenvalue weighted by atomic mass is 35.5. The minimum atomic E-state index is -3.15. The second kappa shape index (κ2) is 9.31. The van der Waals surface area contributed by atoms with Crippen molar-refractivity contribution in [2.45, 2.75) is 12.5 Å². The lowest BCUT2D eigenvalue weighted by molar-refractivity contribution is -0.118. The van der Waals surface area contributed by atoms with Crippen LogP contribution in [-0.2, 0) is 14.6 Å². The lowest BCUT2D eigenvalue weighted by atomic mass is 10.1. The first kappa shape index (κ1) is 22.9. The molecule has 1 atom stereocenters. The van der Waals surface area contributed by atoms with Crippen LogP contribution in [0, 0.1) is 0 Å². The Kier molecular flexibility index (Phi) is 6.67.